The average Bonchev–Trinajstić information content (AvgIpc) is 3.40. The van der Waals surface area contributed by atoms with Crippen molar-refractivity contribution in [1.82, 2.24) is 20.5 Å². The second-order valence-electron chi connectivity index (χ2n) is 7.17. The number of hydrogen-bond acceptors (Lipinski definition) is 4. The summed E-state index contributed by atoms with van der Waals surface area (Å²) in [7, 11) is 3.93. The molecule has 1 aromatic rings. The SMILES string of the molecule is C=Cc1cnc(C(=C)C(=C)NC(=O)N2CCNCC23CC3)cc1N(C)C. The zero-order valence-corrected chi connectivity index (χ0v) is 15.6. The van der Waals surface area contributed by atoms with Gasteiger partial charge in [0.05, 0.1) is 11.2 Å². The van der Waals surface area contributed by atoms with Crippen LogP contribution in [0, 0.1) is 0 Å². The number of aromatic nitrogens is 1. The highest BCUT2D eigenvalue weighted by atomic mass is 16.2. The van der Waals surface area contributed by atoms with Gasteiger partial charge in [-0.05, 0) is 18.9 Å². The number of piperazine rings is 1. The number of carbonyl (C=O) groups excluding carboxylic acids is 1. The molecule has 26 heavy (non-hydrogen) atoms. The second-order valence-corrected chi connectivity index (χ2v) is 7.17. The smallest absolute Gasteiger partial charge is 0.322 e. The number of rotatable bonds is 5. The van der Waals surface area contributed by atoms with Gasteiger partial charge in [-0.25, -0.2) is 4.79 Å². The van der Waals surface area contributed by atoms with E-state index in [4.69, 9.17) is 0 Å². The Bertz CT molecular complexity index is 763. The van der Waals surface area contributed by atoms with Gasteiger partial charge in [0.2, 0.25) is 0 Å². The fourth-order valence-corrected chi connectivity index (χ4v) is 3.34. The van der Waals surface area contributed by atoms with E-state index >= 15 is 0 Å². The first kappa shape index (κ1) is 18.2. The molecule has 1 aliphatic heterocycles. The van der Waals surface area contributed by atoms with E-state index < -0.39 is 0 Å². The lowest BCUT2D eigenvalue weighted by atomic mass is 10.1. The summed E-state index contributed by atoms with van der Waals surface area (Å²) in [4.78, 5) is 21.1. The number of nitrogens with one attached hydrogen (secondary N) is 2. The van der Waals surface area contributed by atoms with E-state index in [1.165, 1.54) is 0 Å². The summed E-state index contributed by atoms with van der Waals surface area (Å²) in [6.45, 7) is 14.3. The lowest BCUT2D eigenvalue weighted by Gasteiger charge is -2.36. The normalized spacial score (nSPS) is 17.5. The quantitative estimate of drug-likeness (QED) is 0.799. The fourth-order valence-electron chi connectivity index (χ4n) is 3.34. The summed E-state index contributed by atoms with van der Waals surface area (Å²) in [6, 6.07) is 1.83. The maximum absolute atomic E-state index is 12.7. The van der Waals surface area contributed by atoms with Gasteiger partial charge in [-0.2, -0.15) is 0 Å². The third kappa shape index (κ3) is 3.37. The Morgan fingerprint density at radius 2 is 2.15 bits per heavy atom. The van der Waals surface area contributed by atoms with Gasteiger partial charge in [-0.1, -0.05) is 25.8 Å². The molecule has 6 heteroatoms. The molecule has 1 aliphatic carbocycles. The molecule has 3 rings (SSSR count). The minimum absolute atomic E-state index is 0.00804. The molecule has 0 aromatic carbocycles. The summed E-state index contributed by atoms with van der Waals surface area (Å²) in [5.74, 6) is 0. The van der Waals surface area contributed by atoms with Gasteiger partial charge < -0.3 is 20.4 Å². The maximum Gasteiger partial charge on any atom is 0.322 e. The largest absolute Gasteiger partial charge is 0.377 e. The number of urea groups is 1. The molecule has 0 unspecified atom stereocenters. The Balaban J connectivity index is 1.72. The van der Waals surface area contributed by atoms with Crippen molar-refractivity contribution in [2.45, 2.75) is 18.4 Å². The van der Waals surface area contributed by atoms with Crippen LogP contribution in [-0.4, -0.2) is 55.2 Å². The summed E-state index contributed by atoms with van der Waals surface area (Å²) >= 11 is 0. The van der Waals surface area contributed by atoms with Crippen LogP contribution in [0.5, 0.6) is 0 Å². The average molecular weight is 353 g/mol. The Hall–Kier alpha value is -2.60. The molecular formula is C20H27N5O. The molecule has 1 saturated carbocycles. The van der Waals surface area contributed by atoms with Crippen LogP contribution in [0.2, 0.25) is 0 Å². The highest BCUT2D eigenvalue weighted by Gasteiger charge is 2.51. The molecule has 1 aromatic heterocycles. The van der Waals surface area contributed by atoms with Crippen LogP contribution in [0.15, 0.2) is 37.7 Å². The van der Waals surface area contributed by atoms with Crippen molar-refractivity contribution in [3.8, 4) is 0 Å². The number of amides is 2. The molecule has 1 saturated heterocycles. The van der Waals surface area contributed by atoms with Gasteiger partial charge in [0.1, 0.15) is 0 Å². The first-order valence-corrected chi connectivity index (χ1v) is 8.86. The van der Waals surface area contributed by atoms with Crippen molar-refractivity contribution in [2.75, 3.05) is 38.6 Å². The van der Waals surface area contributed by atoms with Crippen molar-refractivity contribution in [3.05, 3.63) is 49.0 Å². The van der Waals surface area contributed by atoms with E-state index in [2.05, 4.69) is 35.4 Å². The standard InChI is InChI=1S/C20H27N5O/c1-6-16-12-22-17(11-18(16)24(4)5)14(2)15(3)23-19(26)25-10-9-21-13-20(25)7-8-20/h6,11-12,21H,1-3,7-10,13H2,4-5H3,(H,23,26). The van der Waals surface area contributed by atoms with E-state index in [1.54, 1.807) is 12.3 Å². The molecule has 2 heterocycles. The summed E-state index contributed by atoms with van der Waals surface area (Å²) in [5.41, 5.74) is 3.70. The lowest BCUT2D eigenvalue weighted by molar-refractivity contribution is 0.151. The summed E-state index contributed by atoms with van der Waals surface area (Å²) in [5, 5.41) is 6.28. The first-order chi connectivity index (χ1) is 12.4. The Morgan fingerprint density at radius 3 is 2.77 bits per heavy atom. The predicted molar refractivity (Wildman–Crippen MR) is 107 cm³/mol. The molecule has 2 N–H and O–H groups in total. The number of allylic oxidation sites excluding steroid dienone is 1. The van der Waals surface area contributed by atoms with E-state index in [9.17, 15) is 4.79 Å². The number of pyridine rings is 1. The minimum atomic E-state index is -0.106. The van der Waals surface area contributed by atoms with E-state index in [0.717, 1.165) is 37.2 Å². The zero-order chi connectivity index (χ0) is 18.9. The number of anilines is 1. The molecular weight excluding hydrogens is 326 g/mol. The van der Waals surface area contributed by atoms with E-state index in [-0.39, 0.29) is 11.6 Å². The highest BCUT2D eigenvalue weighted by Crippen LogP contribution is 2.42. The molecule has 138 valence electrons. The molecule has 2 amide bonds. The maximum atomic E-state index is 12.7. The van der Waals surface area contributed by atoms with Gasteiger partial charge in [0.15, 0.2) is 0 Å². The number of hydrogen-bond donors (Lipinski definition) is 2. The topological polar surface area (TPSA) is 60.5 Å². The molecule has 2 fully saturated rings. The van der Waals surface area contributed by atoms with E-state index in [0.29, 0.717) is 23.5 Å². The van der Waals surface area contributed by atoms with Crippen molar-refractivity contribution in [3.63, 3.8) is 0 Å². The first-order valence-electron chi connectivity index (χ1n) is 8.86. The van der Waals surface area contributed by atoms with Crippen LogP contribution in [0.1, 0.15) is 24.1 Å². The van der Waals surface area contributed by atoms with Crippen LogP contribution < -0.4 is 15.5 Å². The third-order valence-electron chi connectivity index (χ3n) is 5.16. The van der Waals surface area contributed by atoms with Crippen molar-refractivity contribution >= 4 is 23.4 Å². The lowest BCUT2D eigenvalue weighted by Crippen LogP contribution is -2.57. The summed E-state index contributed by atoms with van der Waals surface area (Å²) in [6.07, 6.45) is 5.63. The van der Waals surface area contributed by atoms with Crippen LogP contribution in [0.25, 0.3) is 11.6 Å². The molecule has 1 spiro atoms. The molecule has 0 bridgehead atoms. The Morgan fingerprint density at radius 1 is 1.42 bits per heavy atom. The predicted octanol–water partition coefficient (Wildman–Crippen LogP) is 2.46. The van der Waals surface area contributed by atoms with Gasteiger partial charge in [0.25, 0.3) is 0 Å². The van der Waals surface area contributed by atoms with Gasteiger partial charge >= 0.3 is 6.03 Å². The number of carbonyl (C=O) groups is 1. The Labute approximate surface area is 155 Å². The monoisotopic (exact) mass is 353 g/mol. The van der Waals surface area contributed by atoms with Crippen LogP contribution in [0.3, 0.4) is 0 Å². The van der Waals surface area contributed by atoms with Crippen LogP contribution in [-0.2, 0) is 0 Å². The summed E-state index contributed by atoms with van der Waals surface area (Å²) < 4.78 is 0. The van der Waals surface area contributed by atoms with Gasteiger partial charge in [-0.3, -0.25) is 4.98 Å². The molecule has 0 radical (unpaired) electrons. The van der Waals surface area contributed by atoms with Gasteiger partial charge in [-0.15, -0.1) is 0 Å². The zero-order valence-electron chi connectivity index (χ0n) is 15.6. The highest BCUT2D eigenvalue weighted by molar-refractivity contribution is 5.85. The fraction of sp³-hybridized carbons (Fsp3) is 0.400. The molecule has 6 nitrogen and oxygen atoms in total. The van der Waals surface area contributed by atoms with Crippen molar-refractivity contribution < 1.29 is 4.79 Å². The van der Waals surface area contributed by atoms with Crippen LogP contribution in [0.4, 0.5) is 10.5 Å². The van der Waals surface area contributed by atoms with E-state index in [1.807, 2.05) is 30.0 Å². The third-order valence-corrected chi connectivity index (χ3v) is 5.16. The van der Waals surface area contributed by atoms with Crippen molar-refractivity contribution in [1.29, 1.82) is 0 Å². The minimum Gasteiger partial charge on any atom is -0.377 e. The second kappa shape index (κ2) is 6.96. The number of nitrogens with zero attached hydrogens (tertiary/aromatic N) is 3. The van der Waals surface area contributed by atoms with Crippen molar-refractivity contribution in [2.24, 2.45) is 0 Å². The van der Waals surface area contributed by atoms with Crippen LogP contribution >= 0.6 is 0 Å². The Kier molecular flexibility index (Phi) is 4.87. The molecule has 2 aliphatic rings. The molecule has 0 atom stereocenters. The van der Waals surface area contributed by atoms with Gasteiger partial charge in [0, 0.05) is 62.4 Å².